The summed E-state index contributed by atoms with van der Waals surface area (Å²) in [7, 11) is 4.10. The number of benzene rings is 2. The number of amides is 1. The molecule has 0 spiro atoms. The number of hydrogen-bond donors (Lipinski definition) is 1. The largest absolute Gasteiger partial charge is 0.345 e. The summed E-state index contributed by atoms with van der Waals surface area (Å²) >= 11 is 0. The molecule has 0 saturated heterocycles. The average molecular weight is 376 g/mol. The summed E-state index contributed by atoms with van der Waals surface area (Å²) in [4.78, 5) is 20.0. The first-order chi connectivity index (χ1) is 13.3. The molecule has 0 aliphatic heterocycles. The second kappa shape index (κ2) is 8.53. The van der Waals surface area contributed by atoms with Crippen molar-refractivity contribution in [2.45, 2.75) is 33.2 Å². The fourth-order valence-corrected chi connectivity index (χ4v) is 3.60. The molecule has 4 heteroatoms. The minimum absolute atomic E-state index is 0.0366. The van der Waals surface area contributed by atoms with E-state index in [0.29, 0.717) is 5.56 Å². The van der Waals surface area contributed by atoms with Gasteiger partial charge in [0.05, 0.1) is 22.8 Å². The van der Waals surface area contributed by atoms with Crippen LogP contribution in [0.4, 0.5) is 0 Å². The van der Waals surface area contributed by atoms with Crippen LogP contribution in [-0.2, 0) is 0 Å². The summed E-state index contributed by atoms with van der Waals surface area (Å²) in [6.07, 6.45) is 0.848. The van der Waals surface area contributed by atoms with Gasteiger partial charge in [-0.1, -0.05) is 42.0 Å². The highest BCUT2D eigenvalue weighted by Crippen LogP contribution is 2.23. The van der Waals surface area contributed by atoms with Gasteiger partial charge in [-0.25, -0.2) is 0 Å². The summed E-state index contributed by atoms with van der Waals surface area (Å²) in [5.41, 5.74) is 5.80. The lowest BCUT2D eigenvalue weighted by molar-refractivity contribution is 0.0932. The Balaban J connectivity index is 1.92. The maximum atomic E-state index is 13.1. The van der Waals surface area contributed by atoms with Crippen molar-refractivity contribution >= 4 is 16.8 Å². The van der Waals surface area contributed by atoms with Gasteiger partial charge in [0.2, 0.25) is 0 Å². The van der Waals surface area contributed by atoms with Gasteiger partial charge in [-0.2, -0.15) is 0 Å². The van der Waals surface area contributed by atoms with E-state index in [1.54, 1.807) is 0 Å². The molecule has 1 N–H and O–H groups in total. The topological polar surface area (TPSA) is 45.2 Å². The van der Waals surface area contributed by atoms with Crippen molar-refractivity contribution in [3.8, 4) is 0 Å². The van der Waals surface area contributed by atoms with Crippen LogP contribution in [0.5, 0.6) is 0 Å². The van der Waals surface area contributed by atoms with E-state index in [0.717, 1.165) is 40.7 Å². The normalized spacial score (nSPS) is 12.4. The lowest BCUT2D eigenvalue weighted by atomic mass is 10.0. The molecular weight excluding hydrogens is 346 g/mol. The predicted octanol–water partition coefficient (Wildman–Crippen LogP) is 4.58. The molecule has 0 radical (unpaired) electrons. The highest BCUT2D eigenvalue weighted by molar-refractivity contribution is 5.99. The smallest absolute Gasteiger partial charge is 0.253 e. The molecule has 0 saturated carbocycles. The van der Waals surface area contributed by atoms with Crippen molar-refractivity contribution in [2.75, 3.05) is 20.6 Å². The molecule has 1 atom stereocenters. The molecule has 1 amide bonds. The number of hydrogen-bond acceptors (Lipinski definition) is 3. The van der Waals surface area contributed by atoms with Gasteiger partial charge in [0.25, 0.3) is 5.91 Å². The predicted molar refractivity (Wildman–Crippen MR) is 116 cm³/mol. The van der Waals surface area contributed by atoms with Gasteiger partial charge in [0, 0.05) is 5.39 Å². The Labute approximate surface area is 167 Å². The quantitative estimate of drug-likeness (QED) is 0.686. The van der Waals surface area contributed by atoms with Gasteiger partial charge >= 0.3 is 0 Å². The van der Waals surface area contributed by atoms with E-state index in [2.05, 4.69) is 48.3 Å². The first-order valence-electron chi connectivity index (χ1n) is 9.74. The second-order valence-corrected chi connectivity index (χ2v) is 7.80. The van der Waals surface area contributed by atoms with Crippen LogP contribution in [0.1, 0.15) is 45.2 Å². The number of nitrogens with zero attached hydrogens (tertiary/aromatic N) is 2. The Morgan fingerprint density at radius 3 is 2.46 bits per heavy atom. The monoisotopic (exact) mass is 375 g/mol. The van der Waals surface area contributed by atoms with Crippen LogP contribution in [0, 0.1) is 20.8 Å². The van der Waals surface area contributed by atoms with Crippen molar-refractivity contribution in [2.24, 2.45) is 0 Å². The Morgan fingerprint density at radius 1 is 1.07 bits per heavy atom. The van der Waals surface area contributed by atoms with Crippen LogP contribution in [0.15, 0.2) is 48.5 Å². The summed E-state index contributed by atoms with van der Waals surface area (Å²) in [6.45, 7) is 6.94. The second-order valence-electron chi connectivity index (χ2n) is 7.80. The molecule has 1 aromatic heterocycles. The van der Waals surface area contributed by atoms with E-state index < -0.39 is 0 Å². The van der Waals surface area contributed by atoms with Gasteiger partial charge in [0.15, 0.2) is 0 Å². The number of carbonyl (C=O) groups excluding carboxylic acids is 1. The molecule has 3 rings (SSSR count). The number of nitrogens with one attached hydrogen (secondary N) is 1. The molecule has 1 heterocycles. The molecular formula is C24H29N3O. The van der Waals surface area contributed by atoms with Gasteiger partial charge in [-0.15, -0.1) is 0 Å². The fraction of sp³-hybridized carbons (Fsp3) is 0.333. The Bertz CT molecular complexity index is 980. The molecule has 0 aliphatic rings. The van der Waals surface area contributed by atoms with Crippen molar-refractivity contribution in [1.29, 1.82) is 0 Å². The van der Waals surface area contributed by atoms with Crippen LogP contribution in [0.3, 0.4) is 0 Å². The van der Waals surface area contributed by atoms with Gasteiger partial charge in [0.1, 0.15) is 0 Å². The minimum Gasteiger partial charge on any atom is -0.345 e. The summed E-state index contributed by atoms with van der Waals surface area (Å²) in [5, 5.41) is 4.25. The minimum atomic E-state index is -0.0707. The van der Waals surface area contributed by atoms with E-state index >= 15 is 0 Å². The average Bonchev–Trinajstić information content (AvgIpc) is 2.65. The van der Waals surface area contributed by atoms with Gasteiger partial charge < -0.3 is 10.2 Å². The third-order valence-corrected chi connectivity index (χ3v) is 5.06. The molecule has 0 aliphatic carbocycles. The lowest BCUT2D eigenvalue weighted by Gasteiger charge is -2.22. The number of fused-ring (bicyclic) bond motifs is 1. The SMILES string of the molecule is Cc1cc(C)c2nc(C)c(C(=O)N[C@@H](CCN(C)C)c3ccccc3)cc2c1. The van der Waals surface area contributed by atoms with Crippen LogP contribution in [-0.4, -0.2) is 36.4 Å². The van der Waals surface area contributed by atoms with Crippen LogP contribution < -0.4 is 5.32 Å². The van der Waals surface area contributed by atoms with E-state index in [-0.39, 0.29) is 11.9 Å². The third-order valence-electron chi connectivity index (χ3n) is 5.06. The standard InChI is InChI=1S/C24H29N3O/c1-16-13-17(2)23-20(14-16)15-21(18(3)25-23)24(28)26-22(11-12-27(4)5)19-9-7-6-8-10-19/h6-10,13-15,22H,11-12H2,1-5H3,(H,26,28)/t22-/m0/s1. The number of carbonyl (C=O) groups is 1. The molecule has 3 aromatic rings. The molecule has 4 nitrogen and oxygen atoms in total. The zero-order valence-electron chi connectivity index (χ0n) is 17.4. The summed E-state index contributed by atoms with van der Waals surface area (Å²) in [5.74, 6) is -0.0707. The number of rotatable bonds is 6. The Hall–Kier alpha value is -2.72. The van der Waals surface area contributed by atoms with E-state index in [9.17, 15) is 4.79 Å². The third kappa shape index (κ3) is 4.57. The number of aryl methyl sites for hydroxylation is 3. The number of pyridine rings is 1. The fourth-order valence-electron chi connectivity index (χ4n) is 3.60. The first kappa shape index (κ1) is 20.0. The maximum absolute atomic E-state index is 13.1. The molecule has 2 aromatic carbocycles. The molecule has 146 valence electrons. The van der Waals surface area contributed by atoms with Crippen molar-refractivity contribution < 1.29 is 4.79 Å². The molecule has 0 unspecified atom stereocenters. The maximum Gasteiger partial charge on any atom is 0.253 e. The lowest BCUT2D eigenvalue weighted by Crippen LogP contribution is -2.31. The van der Waals surface area contributed by atoms with Crippen molar-refractivity contribution in [3.05, 3.63) is 76.5 Å². The molecule has 0 fully saturated rings. The first-order valence-corrected chi connectivity index (χ1v) is 9.74. The van der Waals surface area contributed by atoms with Gasteiger partial charge in [-0.3, -0.25) is 9.78 Å². The van der Waals surface area contributed by atoms with E-state index in [1.807, 2.05) is 45.3 Å². The van der Waals surface area contributed by atoms with Crippen LogP contribution in [0.2, 0.25) is 0 Å². The molecule has 28 heavy (non-hydrogen) atoms. The highest BCUT2D eigenvalue weighted by atomic mass is 16.1. The summed E-state index contributed by atoms with van der Waals surface area (Å²) < 4.78 is 0. The zero-order valence-corrected chi connectivity index (χ0v) is 17.4. The van der Waals surface area contributed by atoms with Crippen molar-refractivity contribution in [3.63, 3.8) is 0 Å². The Kier molecular flexibility index (Phi) is 6.10. The van der Waals surface area contributed by atoms with Crippen molar-refractivity contribution in [1.82, 2.24) is 15.2 Å². The summed E-state index contributed by atoms with van der Waals surface area (Å²) in [6, 6.07) is 16.3. The van der Waals surface area contributed by atoms with E-state index in [4.69, 9.17) is 4.98 Å². The Morgan fingerprint density at radius 2 is 1.79 bits per heavy atom. The number of aromatic nitrogens is 1. The zero-order chi connectivity index (χ0) is 20.3. The van der Waals surface area contributed by atoms with E-state index in [1.165, 1.54) is 5.56 Å². The van der Waals surface area contributed by atoms with Crippen LogP contribution in [0.25, 0.3) is 10.9 Å². The highest BCUT2D eigenvalue weighted by Gasteiger charge is 2.18. The van der Waals surface area contributed by atoms with Crippen LogP contribution >= 0.6 is 0 Å². The van der Waals surface area contributed by atoms with Gasteiger partial charge in [-0.05, 0) is 71.1 Å². The molecule has 0 bridgehead atoms.